The van der Waals surface area contributed by atoms with Gasteiger partial charge in [0.15, 0.2) is 6.04 Å². The molecule has 0 heterocycles. The summed E-state index contributed by atoms with van der Waals surface area (Å²) in [6, 6.07) is 4.59. The highest BCUT2D eigenvalue weighted by molar-refractivity contribution is 9.10. The Morgan fingerprint density at radius 3 is 2.63 bits per heavy atom. The van der Waals surface area contributed by atoms with Crippen molar-refractivity contribution in [3.63, 3.8) is 0 Å². The molecule has 19 heavy (non-hydrogen) atoms. The molecule has 0 saturated carbocycles. The molecule has 2 N–H and O–H groups in total. The van der Waals surface area contributed by atoms with Crippen molar-refractivity contribution < 1.29 is 14.7 Å². The van der Waals surface area contributed by atoms with Crippen LogP contribution in [0, 0.1) is 6.92 Å². The van der Waals surface area contributed by atoms with E-state index in [0.717, 1.165) is 15.6 Å². The first-order valence-corrected chi connectivity index (χ1v) is 6.56. The molecule has 1 rings (SSSR count). The third-order valence-electron chi connectivity index (χ3n) is 2.88. The van der Waals surface area contributed by atoms with Crippen LogP contribution in [0.4, 0.5) is 0 Å². The van der Waals surface area contributed by atoms with Crippen LogP contribution in [-0.2, 0) is 16.1 Å². The second-order valence-corrected chi connectivity index (χ2v) is 5.24. The number of benzene rings is 1. The minimum absolute atomic E-state index is 0.371. The zero-order chi connectivity index (χ0) is 14.6. The van der Waals surface area contributed by atoms with E-state index < -0.39 is 17.9 Å². The highest BCUT2D eigenvalue weighted by Gasteiger charge is 2.27. The number of aliphatic carboxylic acids is 1. The van der Waals surface area contributed by atoms with E-state index in [9.17, 15) is 9.59 Å². The summed E-state index contributed by atoms with van der Waals surface area (Å²) < 4.78 is 0.928. The second-order valence-electron chi connectivity index (χ2n) is 4.33. The number of hydrogen-bond acceptors (Lipinski definition) is 3. The standard InChI is InChI=1S/C13H17BrN2O3/c1-8-4-5-10(14)6-9(8)7-16(3)12(17)11(15-2)13(18)19/h4-6,11,15H,7H2,1-3H3,(H,18,19). The largest absolute Gasteiger partial charge is 0.480 e. The molecule has 5 nitrogen and oxygen atoms in total. The quantitative estimate of drug-likeness (QED) is 0.801. The molecule has 0 spiro atoms. The van der Waals surface area contributed by atoms with Gasteiger partial charge < -0.3 is 10.0 Å². The van der Waals surface area contributed by atoms with Gasteiger partial charge in [0.2, 0.25) is 0 Å². The average molecular weight is 329 g/mol. The molecule has 1 amide bonds. The Morgan fingerprint density at radius 1 is 1.47 bits per heavy atom. The van der Waals surface area contributed by atoms with Crippen molar-refractivity contribution in [1.82, 2.24) is 10.2 Å². The minimum Gasteiger partial charge on any atom is -0.480 e. The van der Waals surface area contributed by atoms with Crippen LogP contribution in [0.5, 0.6) is 0 Å². The van der Waals surface area contributed by atoms with E-state index in [-0.39, 0.29) is 0 Å². The highest BCUT2D eigenvalue weighted by Crippen LogP contribution is 2.17. The summed E-state index contributed by atoms with van der Waals surface area (Å²) >= 11 is 3.38. The van der Waals surface area contributed by atoms with Crippen molar-refractivity contribution in [2.24, 2.45) is 0 Å². The summed E-state index contributed by atoms with van der Waals surface area (Å²) in [5.74, 6) is -1.64. The summed E-state index contributed by atoms with van der Waals surface area (Å²) in [6.07, 6.45) is 0. The van der Waals surface area contributed by atoms with E-state index in [0.29, 0.717) is 6.54 Å². The lowest BCUT2D eigenvalue weighted by atomic mass is 10.1. The SMILES string of the molecule is CNC(C(=O)O)C(=O)N(C)Cc1cc(Br)ccc1C. The molecule has 1 aromatic carbocycles. The fraction of sp³-hybridized carbons (Fsp3) is 0.385. The Bertz CT molecular complexity index is 491. The summed E-state index contributed by atoms with van der Waals surface area (Å²) in [5, 5.41) is 11.4. The number of hydrogen-bond donors (Lipinski definition) is 2. The molecule has 0 aliphatic heterocycles. The molecule has 0 saturated heterocycles. The maximum Gasteiger partial charge on any atom is 0.330 e. The lowest BCUT2D eigenvalue weighted by Gasteiger charge is -2.22. The van der Waals surface area contributed by atoms with Gasteiger partial charge in [0.05, 0.1) is 0 Å². The first-order chi connectivity index (χ1) is 8.86. The Morgan fingerprint density at radius 2 is 2.11 bits per heavy atom. The molecule has 104 valence electrons. The molecular formula is C13H17BrN2O3. The number of nitrogens with zero attached hydrogens (tertiary/aromatic N) is 1. The zero-order valence-corrected chi connectivity index (χ0v) is 12.7. The van der Waals surface area contributed by atoms with Crippen LogP contribution >= 0.6 is 15.9 Å². The molecule has 0 bridgehead atoms. The molecule has 0 fully saturated rings. The molecular weight excluding hydrogens is 312 g/mol. The Hall–Kier alpha value is -1.40. The van der Waals surface area contributed by atoms with Crippen molar-refractivity contribution in [2.75, 3.05) is 14.1 Å². The van der Waals surface area contributed by atoms with Gasteiger partial charge in [-0.3, -0.25) is 10.1 Å². The third kappa shape index (κ3) is 4.04. The van der Waals surface area contributed by atoms with Gasteiger partial charge in [-0.05, 0) is 37.2 Å². The first kappa shape index (κ1) is 15.7. The average Bonchev–Trinajstić information content (AvgIpc) is 2.34. The molecule has 1 aromatic rings. The van der Waals surface area contributed by atoms with Gasteiger partial charge in [0.1, 0.15) is 0 Å². The van der Waals surface area contributed by atoms with E-state index in [1.54, 1.807) is 7.05 Å². The lowest BCUT2D eigenvalue weighted by Crippen LogP contribution is -2.48. The number of carbonyl (C=O) groups excluding carboxylic acids is 1. The number of nitrogens with one attached hydrogen (secondary N) is 1. The van der Waals surface area contributed by atoms with Gasteiger partial charge in [-0.2, -0.15) is 0 Å². The lowest BCUT2D eigenvalue weighted by molar-refractivity contribution is -0.147. The first-order valence-electron chi connectivity index (χ1n) is 5.77. The summed E-state index contributed by atoms with van der Waals surface area (Å²) in [7, 11) is 3.05. The van der Waals surface area contributed by atoms with Crippen molar-refractivity contribution in [2.45, 2.75) is 19.5 Å². The van der Waals surface area contributed by atoms with Gasteiger partial charge in [0, 0.05) is 18.1 Å². The van der Waals surface area contributed by atoms with Crippen LogP contribution in [0.3, 0.4) is 0 Å². The van der Waals surface area contributed by atoms with Gasteiger partial charge in [0.25, 0.3) is 5.91 Å². The fourth-order valence-electron chi connectivity index (χ4n) is 1.72. The molecule has 1 atom stereocenters. The van der Waals surface area contributed by atoms with Gasteiger partial charge in [-0.15, -0.1) is 0 Å². The number of halogens is 1. The van der Waals surface area contributed by atoms with Crippen LogP contribution in [0.2, 0.25) is 0 Å². The summed E-state index contributed by atoms with van der Waals surface area (Å²) in [5.41, 5.74) is 2.03. The van der Waals surface area contributed by atoms with Gasteiger partial charge >= 0.3 is 5.97 Å². The number of rotatable bonds is 5. The number of likely N-dealkylation sites (N-methyl/N-ethyl adjacent to an activating group) is 2. The van der Waals surface area contributed by atoms with Gasteiger partial charge in [-0.1, -0.05) is 22.0 Å². The smallest absolute Gasteiger partial charge is 0.330 e. The zero-order valence-electron chi connectivity index (χ0n) is 11.1. The Kier molecular flexibility index (Phi) is 5.50. The molecule has 6 heteroatoms. The van der Waals surface area contributed by atoms with Crippen LogP contribution in [-0.4, -0.2) is 42.0 Å². The van der Waals surface area contributed by atoms with Crippen LogP contribution in [0.1, 0.15) is 11.1 Å². The Balaban J connectivity index is 2.84. The number of carboxylic acids is 1. The van der Waals surface area contributed by atoms with Crippen molar-refractivity contribution in [1.29, 1.82) is 0 Å². The predicted octanol–water partition coefficient (Wildman–Crippen LogP) is 1.39. The second kappa shape index (κ2) is 6.68. The van der Waals surface area contributed by atoms with E-state index in [1.165, 1.54) is 11.9 Å². The third-order valence-corrected chi connectivity index (χ3v) is 3.37. The monoisotopic (exact) mass is 328 g/mol. The number of carboxylic acid groups (broad SMARTS) is 1. The molecule has 1 unspecified atom stereocenters. The van der Waals surface area contributed by atoms with Crippen LogP contribution in [0.15, 0.2) is 22.7 Å². The van der Waals surface area contributed by atoms with E-state index in [2.05, 4.69) is 21.2 Å². The fourth-order valence-corrected chi connectivity index (χ4v) is 2.13. The number of aryl methyl sites for hydroxylation is 1. The van der Waals surface area contributed by atoms with Crippen LogP contribution < -0.4 is 5.32 Å². The topological polar surface area (TPSA) is 69.6 Å². The minimum atomic E-state index is -1.21. The maximum absolute atomic E-state index is 12.0. The van der Waals surface area contributed by atoms with Gasteiger partial charge in [-0.25, -0.2) is 4.79 Å². The number of amides is 1. The van der Waals surface area contributed by atoms with E-state index in [1.807, 2.05) is 25.1 Å². The maximum atomic E-state index is 12.0. The van der Waals surface area contributed by atoms with E-state index >= 15 is 0 Å². The van der Waals surface area contributed by atoms with Crippen molar-refractivity contribution in [3.05, 3.63) is 33.8 Å². The Labute approximate surface area is 120 Å². The molecule has 0 aliphatic carbocycles. The molecule has 0 aliphatic rings. The predicted molar refractivity (Wildman–Crippen MR) is 75.8 cm³/mol. The summed E-state index contributed by atoms with van der Waals surface area (Å²) in [6.45, 7) is 2.32. The normalized spacial score (nSPS) is 12.0. The highest BCUT2D eigenvalue weighted by atomic mass is 79.9. The van der Waals surface area contributed by atoms with Crippen molar-refractivity contribution in [3.8, 4) is 0 Å². The molecule has 0 radical (unpaired) electrons. The molecule has 0 aromatic heterocycles. The van der Waals surface area contributed by atoms with Crippen molar-refractivity contribution >= 4 is 27.8 Å². The summed E-state index contributed by atoms with van der Waals surface area (Å²) in [4.78, 5) is 24.3. The number of carbonyl (C=O) groups is 2. The van der Waals surface area contributed by atoms with Crippen LogP contribution in [0.25, 0.3) is 0 Å². The van der Waals surface area contributed by atoms with E-state index in [4.69, 9.17) is 5.11 Å².